The van der Waals surface area contributed by atoms with Crippen LogP contribution in [0.2, 0.25) is 0 Å². The highest BCUT2D eigenvalue weighted by Crippen LogP contribution is 2.28. The molecule has 3 rings (SSSR count). The molecule has 3 aromatic rings. The molecule has 0 spiro atoms. The number of nitrogens with zero attached hydrogens (tertiary/aromatic N) is 2. The van der Waals surface area contributed by atoms with E-state index >= 15 is 0 Å². The van der Waals surface area contributed by atoms with Crippen molar-refractivity contribution in [2.45, 2.75) is 6.42 Å². The fraction of sp³-hybridized carbons (Fsp3) is 0.150. The summed E-state index contributed by atoms with van der Waals surface area (Å²) >= 11 is 0. The maximum absolute atomic E-state index is 13.0. The molecular formula is C20H18FN5O4. The third-order valence-corrected chi connectivity index (χ3v) is 4.07. The lowest BCUT2D eigenvalue weighted by Crippen LogP contribution is -2.28. The summed E-state index contributed by atoms with van der Waals surface area (Å²) in [5, 5.41) is 38.2. The highest BCUT2D eigenvalue weighted by molar-refractivity contribution is 6.10. The molecule has 1 aromatic carbocycles. The Morgan fingerprint density at radius 1 is 1.17 bits per heavy atom. The largest absolute Gasteiger partial charge is 0.504 e. The van der Waals surface area contributed by atoms with Gasteiger partial charge in [0.25, 0.3) is 5.91 Å². The van der Waals surface area contributed by atoms with Crippen LogP contribution in [0.4, 0.5) is 4.39 Å². The first-order valence-corrected chi connectivity index (χ1v) is 8.86. The van der Waals surface area contributed by atoms with Crippen molar-refractivity contribution in [3.05, 3.63) is 65.4 Å². The number of fused-ring (bicyclic) bond motifs is 1. The minimum atomic E-state index is -0.650. The Morgan fingerprint density at radius 3 is 2.60 bits per heavy atom. The van der Waals surface area contributed by atoms with Crippen LogP contribution < -0.4 is 5.32 Å². The fourth-order valence-corrected chi connectivity index (χ4v) is 2.70. The number of carbonyl (C=O) groups excluding carboxylic acids is 1. The molecule has 1 amide bonds. The van der Waals surface area contributed by atoms with E-state index in [1.165, 1.54) is 36.5 Å². The smallest absolute Gasteiger partial charge is 0.270 e. The van der Waals surface area contributed by atoms with Crippen molar-refractivity contribution in [2.75, 3.05) is 13.2 Å². The van der Waals surface area contributed by atoms with Crippen molar-refractivity contribution in [1.29, 1.82) is 10.8 Å². The summed E-state index contributed by atoms with van der Waals surface area (Å²) in [6.07, 6.45) is 1.39. The summed E-state index contributed by atoms with van der Waals surface area (Å²) in [5.74, 6) is -2.49. The van der Waals surface area contributed by atoms with Crippen LogP contribution in [0.25, 0.3) is 10.9 Å². The Morgan fingerprint density at radius 2 is 1.90 bits per heavy atom. The van der Waals surface area contributed by atoms with Crippen LogP contribution in [0, 0.1) is 16.6 Å². The lowest BCUT2D eigenvalue weighted by molar-refractivity contribution is 0.0941. The number of aliphatic hydroxyl groups is 1. The zero-order valence-electron chi connectivity index (χ0n) is 15.6. The van der Waals surface area contributed by atoms with Crippen molar-refractivity contribution in [2.24, 2.45) is 0 Å². The topological polar surface area (TPSA) is 152 Å². The zero-order valence-corrected chi connectivity index (χ0v) is 15.6. The van der Waals surface area contributed by atoms with Gasteiger partial charge in [0.2, 0.25) is 5.90 Å². The number of halogens is 1. The molecule has 2 heterocycles. The predicted octanol–water partition coefficient (Wildman–Crippen LogP) is 1.76. The van der Waals surface area contributed by atoms with E-state index in [1.54, 1.807) is 6.07 Å². The molecular weight excluding hydrogens is 393 g/mol. The molecule has 5 N–H and O–H groups in total. The quantitative estimate of drug-likeness (QED) is 0.308. The molecule has 0 unspecified atom stereocenters. The van der Waals surface area contributed by atoms with E-state index in [1.807, 2.05) is 0 Å². The van der Waals surface area contributed by atoms with Crippen molar-refractivity contribution >= 4 is 28.6 Å². The minimum Gasteiger partial charge on any atom is -0.504 e. The fourth-order valence-electron chi connectivity index (χ4n) is 2.70. The molecule has 0 aliphatic carbocycles. The Hall–Kier alpha value is -3.92. The van der Waals surface area contributed by atoms with Crippen LogP contribution in [0.5, 0.6) is 5.75 Å². The number of nitrogens with one attached hydrogen (secondary N) is 3. The van der Waals surface area contributed by atoms with Crippen molar-refractivity contribution < 1.29 is 24.1 Å². The maximum Gasteiger partial charge on any atom is 0.270 e. The first-order valence-electron chi connectivity index (χ1n) is 8.86. The van der Waals surface area contributed by atoms with Gasteiger partial charge in [-0.1, -0.05) is 12.1 Å². The van der Waals surface area contributed by atoms with Crippen LogP contribution in [-0.2, 0) is 11.2 Å². The number of aromatic hydroxyl groups is 1. The number of hydrogen-bond donors (Lipinski definition) is 5. The van der Waals surface area contributed by atoms with E-state index in [2.05, 4.69) is 15.3 Å². The third-order valence-electron chi connectivity index (χ3n) is 4.07. The zero-order chi connectivity index (χ0) is 21.7. The molecule has 30 heavy (non-hydrogen) atoms. The molecule has 154 valence electrons. The molecule has 0 bridgehead atoms. The Balaban J connectivity index is 1.89. The first-order chi connectivity index (χ1) is 14.4. The Bertz CT molecular complexity index is 1120. The second-order valence-electron chi connectivity index (χ2n) is 6.19. The van der Waals surface area contributed by atoms with Gasteiger partial charge in [-0.2, -0.15) is 0 Å². The van der Waals surface area contributed by atoms with Gasteiger partial charge in [-0.05, 0) is 29.8 Å². The number of aliphatic hydroxyl groups excluding tert-OH is 1. The number of rotatable bonds is 6. The molecule has 0 saturated carbocycles. The van der Waals surface area contributed by atoms with Crippen LogP contribution in [0.3, 0.4) is 0 Å². The van der Waals surface area contributed by atoms with E-state index in [0.717, 1.165) is 0 Å². The van der Waals surface area contributed by atoms with Crippen LogP contribution in [0.1, 0.15) is 21.7 Å². The lowest BCUT2D eigenvalue weighted by atomic mass is 10.1. The van der Waals surface area contributed by atoms with E-state index in [4.69, 9.17) is 20.7 Å². The number of amides is 1. The van der Waals surface area contributed by atoms with E-state index in [9.17, 15) is 14.3 Å². The third kappa shape index (κ3) is 4.55. The molecule has 0 aliphatic rings. The molecule has 0 fully saturated rings. The molecule has 0 saturated heterocycles. The van der Waals surface area contributed by atoms with Crippen molar-refractivity contribution in [3.8, 4) is 5.75 Å². The predicted molar refractivity (Wildman–Crippen MR) is 106 cm³/mol. The summed E-state index contributed by atoms with van der Waals surface area (Å²) in [6, 6.07) is 8.55. The van der Waals surface area contributed by atoms with Gasteiger partial charge < -0.3 is 20.3 Å². The molecule has 10 heteroatoms. The standard InChI is InChI=1S/C20H18FN5O4/c21-12-5-3-11(4-6-12)10-14(22)30-19(23)17-18(28)15-13(2-1-7-24-15)16(26-17)20(29)25-8-9-27/h1-7,22-23,27-28H,8-10H2,(H,25,29). The van der Waals surface area contributed by atoms with Crippen LogP contribution in [0.15, 0.2) is 42.6 Å². The van der Waals surface area contributed by atoms with Gasteiger partial charge in [0.1, 0.15) is 17.0 Å². The Labute approximate surface area is 170 Å². The van der Waals surface area contributed by atoms with E-state index in [0.29, 0.717) is 5.56 Å². The number of aromatic nitrogens is 2. The van der Waals surface area contributed by atoms with E-state index in [-0.39, 0.29) is 47.8 Å². The van der Waals surface area contributed by atoms with Gasteiger partial charge >= 0.3 is 0 Å². The number of carbonyl (C=O) groups is 1. The molecule has 0 radical (unpaired) electrons. The van der Waals surface area contributed by atoms with Crippen LogP contribution in [-0.4, -0.2) is 51.0 Å². The molecule has 0 atom stereocenters. The summed E-state index contributed by atoms with van der Waals surface area (Å²) < 4.78 is 18.2. The van der Waals surface area contributed by atoms with Gasteiger partial charge in [0.15, 0.2) is 17.3 Å². The normalized spacial score (nSPS) is 10.6. The number of ether oxygens (including phenoxy) is 1. The highest BCUT2D eigenvalue weighted by atomic mass is 19.1. The van der Waals surface area contributed by atoms with Gasteiger partial charge in [-0.25, -0.2) is 9.37 Å². The van der Waals surface area contributed by atoms with Crippen molar-refractivity contribution in [3.63, 3.8) is 0 Å². The second-order valence-corrected chi connectivity index (χ2v) is 6.19. The second kappa shape index (κ2) is 9.05. The minimum absolute atomic E-state index is 0.00522. The lowest BCUT2D eigenvalue weighted by Gasteiger charge is -2.13. The average Bonchev–Trinajstić information content (AvgIpc) is 2.74. The number of hydrogen-bond acceptors (Lipinski definition) is 8. The summed E-state index contributed by atoms with van der Waals surface area (Å²) in [4.78, 5) is 20.5. The summed E-state index contributed by atoms with van der Waals surface area (Å²) in [6.45, 7) is -0.277. The average molecular weight is 411 g/mol. The molecule has 9 nitrogen and oxygen atoms in total. The number of benzene rings is 1. The molecule has 0 aliphatic heterocycles. The SMILES string of the molecule is N=C(Cc1ccc(F)cc1)OC(=N)c1nc(C(=O)NCCO)c2cccnc2c1O. The maximum atomic E-state index is 13.0. The number of pyridine rings is 2. The molecule has 2 aromatic heterocycles. The van der Waals surface area contributed by atoms with Crippen molar-refractivity contribution in [1.82, 2.24) is 15.3 Å². The van der Waals surface area contributed by atoms with Gasteiger partial charge in [0, 0.05) is 24.5 Å². The first kappa shape index (κ1) is 20.8. The Kier molecular flexibility index (Phi) is 6.28. The van der Waals surface area contributed by atoms with Gasteiger partial charge in [-0.3, -0.25) is 20.6 Å². The van der Waals surface area contributed by atoms with Gasteiger partial charge in [-0.15, -0.1) is 0 Å². The summed E-state index contributed by atoms with van der Waals surface area (Å²) in [7, 11) is 0. The van der Waals surface area contributed by atoms with E-state index < -0.39 is 23.4 Å². The van der Waals surface area contributed by atoms with Crippen LogP contribution >= 0.6 is 0 Å². The van der Waals surface area contributed by atoms with Gasteiger partial charge in [0.05, 0.1) is 6.61 Å². The highest BCUT2D eigenvalue weighted by Gasteiger charge is 2.23. The summed E-state index contributed by atoms with van der Waals surface area (Å²) in [5.41, 5.74) is 0.155. The monoisotopic (exact) mass is 411 g/mol.